The Kier molecular flexibility index (Phi) is 4.04. The van der Waals surface area contributed by atoms with Gasteiger partial charge in [0, 0.05) is 11.6 Å². The first-order chi connectivity index (χ1) is 11.3. The van der Waals surface area contributed by atoms with Crippen molar-refractivity contribution in [2.75, 3.05) is 0 Å². The smallest absolute Gasteiger partial charge is 0.315 e. The quantitative estimate of drug-likeness (QED) is 0.893. The lowest BCUT2D eigenvalue weighted by Crippen LogP contribution is -2.41. The van der Waals surface area contributed by atoms with Gasteiger partial charge in [-0.3, -0.25) is 0 Å². The molecule has 4 nitrogen and oxygen atoms in total. The lowest BCUT2D eigenvalue weighted by molar-refractivity contribution is 0.230. The number of carbonyl (C=O) groups is 1. The highest BCUT2D eigenvalue weighted by Gasteiger charge is 2.35. The van der Waals surface area contributed by atoms with Gasteiger partial charge in [0.1, 0.15) is 5.01 Å². The van der Waals surface area contributed by atoms with Gasteiger partial charge in [-0.25, -0.2) is 9.78 Å². The maximum Gasteiger partial charge on any atom is 0.315 e. The van der Waals surface area contributed by atoms with Crippen LogP contribution in [-0.2, 0) is 6.42 Å². The van der Waals surface area contributed by atoms with Gasteiger partial charge in [-0.05, 0) is 49.1 Å². The van der Waals surface area contributed by atoms with E-state index in [-0.39, 0.29) is 18.1 Å². The van der Waals surface area contributed by atoms with Crippen LogP contribution in [0, 0.1) is 5.92 Å². The maximum atomic E-state index is 12.5. The predicted octanol–water partition coefficient (Wildman–Crippen LogP) is 3.97. The fourth-order valence-electron chi connectivity index (χ4n) is 3.44. The number of benzene rings is 1. The first-order valence-electron chi connectivity index (χ1n) is 8.35. The summed E-state index contributed by atoms with van der Waals surface area (Å²) in [6.45, 7) is 0. The van der Waals surface area contributed by atoms with Crippen molar-refractivity contribution in [3.8, 4) is 0 Å². The Morgan fingerprint density at radius 1 is 1.26 bits per heavy atom. The van der Waals surface area contributed by atoms with Crippen molar-refractivity contribution in [2.45, 2.75) is 44.2 Å². The van der Waals surface area contributed by atoms with E-state index in [2.05, 4.69) is 39.9 Å². The first-order valence-corrected chi connectivity index (χ1v) is 9.23. The lowest BCUT2D eigenvalue weighted by Gasteiger charge is -2.27. The number of urea groups is 1. The number of aryl methyl sites for hydroxylation is 1. The van der Waals surface area contributed by atoms with E-state index in [1.807, 2.05) is 11.6 Å². The van der Waals surface area contributed by atoms with Gasteiger partial charge < -0.3 is 10.6 Å². The van der Waals surface area contributed by atoms with Crippen molar-refractivity contribution in [3.05, 3.63) is 52.0 Å². The molecule has 2 N–H and O–H groups in total. The molecule has 2 aliphatic rings. The number of nitrogens with one attached hydrogen (secondary N) is 2. The molecular formula is C18H21N3OS. The fraction of sp³-hybridized carbons (Fsp3) is 0.444. The first kappa shape index (κ1) is 14.7. The molecule has 1 heterocycles. The van der Waals surface area contributed by atoms with E-state index in [4.69, 9.17) is 0 Å². The number of aromatic nitrogens is 1. The van der Waals surface area contributed by atoms with Crippen molar-refractivity contribution in [1.29, 1.82) is 0 Å². The van der Waals surface area contributed by atoms with Crippen LogP contribution < -0.4 is 10.6 Å². The van der Waals surface area contributed by atoms with Gasteiger partial charge in [0.15, 0.2) is 0 Å². The average Bonchev–Trinajstić information content (AvgIpc) is 3.27. The van der Waals surface area contributed by atoms with Crippen molar-refractivity contribution >= 4 is 17.4 Å². The summed E-state index contributed by atoms with van der Waals surface area (Å²) in [5.74, 6) is 0.547. The summed E-state index contributed by atoms with van der Waals surface area (Å²) in [6, 6.07) is 8.55. The Hall–Kier alpha value is -1.88. The summed E-state index contributed by atoms with van der Waals surface area (Å²) in [7, 11) is 0. The van der Waals surface area contributed by atoms with E-state index < -0.39 is 0 Å². The number of fused-ring (bicyclic) bond motifs is 1. The molecular weight excluding hydrogens is 306 g/mol. The Morgan fingerprint density at radius 2 is 2.13 bits per heavy atom. The summed E-state index contributed by atoms with van der Waals surface area (Å²) in [5, 5.41) is 9.33. The molecule has 1 aromatic heterocycles. The molecule has 2 amide bonds. The Labute approximate surface area is 140 Å². The van der Waals surface area contributed by atoms with Crippen LogP contribution in [0.5, 0.6) is 0 Å². The molecule has 5 heteroatoms. The van der Waals surface area contributed by atoms with E-state index in [9.17, 15) is 4.79 Å². The molecule has 0 aliphatic heterocycles. The van der Waals surface area contributed by atoms with Crippen molar-refractivity contribution < 1.29 is 4.79 Å². The van der Waals surface area contributed by atoms with Crippen molar-refractivity contribution in [3.63, 3.8) is 0 Å². The SMILES string of the molecule is O=C(N[C@H]1CCCc2ccccc21)N[C@@H](c1nccs1)C1CC1. The molecule has 1 aromatic carbocycles. The minimum Gasteiger partial charge on any atom is -0.331 e. The summed E-state index contributed by atoms with van der Waals surface area (Å²) in [5.41, 5.74) is 2.63. The Bertz CT molecular complexity index is 681. The molecule has 120 valence electrons. The molecule has 4 rings (SSSR count). The third kappa shape index (κ3) is 3.24. The number of rotatable bonds is 4. The van der Waals surface area contributed by atoms with E-state index in [0.29, 0.717) is 5.92 Å². The van der Waals surface area contributed by atoms with E-state index in [0.717, 1.165) is 24.3 Å². The van der Waals surface area contributed by atoms with E-state index in [1.165, 1.54) is 24.0 Å². The summed E-state index contributed by atoms with van der Waals surface area (Å²) in [6.07, 6.45) is 7.41. The third-order valence-corrected chi connectivity index (χ3v) is 5.63. The molecule has 0 unspecified atom stereocenters. The second-order valence-corrected chi connectivity index (χ2v) is 7.37. The zero-order valence-electron chi connectivity index (χ0n) is 13.0. The zero-order chi connectivity index (χ0) is 15.6. The van der Waals surface area contributed by atoms with Crippen LogP contribution in [0.25, 0.3) is 0 Å². The molecule has 1 saturated carbocycles. The molecule has 2 aromatic rings. The fourth-order valence-corrected chi connectivity index (χ4v) is 4.22. The molecule has 0 saturated heterocycles. The molecule has 2 atom stereocenters. The summed E-state index contributed by atoms with van der Waals surface area (Å²) >= 11 is 1.62. The van der Waals surface area contributed by atoms with Crippen LogP contribution >= 0.6 is 11.3 Å². The largest absolute Gasteiger partial charge is 0.331 e. The van der Waals surface area contributed by atoms with Crippen LogP contribution in [0.15, 0.2) is 35.8 Å². The molecule has 1 fully saturated rings. The van der Waals surface area contributed by atoms with Crippen LogP contribution in [-0.4, -0.2) is 11.0 Å². The van der Waals surface area contributed by atoms with Crippen LogP contribution in [0.2, 0.25) is 0 Å². The van der Waals surface area contributed by atoms with Gasteiger partial charge in [-0.15, -0.1) is 11.3 Å². The van der Waals surface area contributed by atoms with Crippen LogP contribution in [0.4, 0.5) is 4.79 Å². The number of nitrogens with zero attached hydrogens (tertiary/aromatic N) is 1. The van der Waals surface area contributed by atoms with Crippen LogP contribution in [0.1, 0.15) is 53.9 Å². The average molecular weight is 327 g/mol. The zero-order valence-corrected chi connectivity index (χ0v) is 13.8. The molecule has 2 aliphatic carbocycles. The summed E-state index contributed by atoms with van der Waals surface area (Å²) < 4.78 is 0. The predicted molar refractivity (Wildman–Crippen MR) is 91.4 cm³/mol. The highest BCUT2D eigenvalue weighted by atomic mass is 32.1. The standard InChI is InChI=1S/C18H21N3OS/c22-18(21-16(13-8-9-13)17-19-10-11-23-17)20-15-7-3-5-12-4-1-2-6-14(12)15/h1-2,4,6,10-11,13,15-16H,3,5,7-9H2,(H2,20,21,22)/t15-,16+/m0/s1. The number of carbonyl (C=O) groups excluding carboxylic acids is 1. The van der Waals surface area contributed by atoms with Gasteiger partial charge in [-0.1, -0.05) is 24.3 Å². The highest BCUT2D eigenvalue weighted by Crippen LogP contribution is 2.41. The van der Waals surface area contributed by atoms with Gasteiger partial charge in [0.2, 0.25) is 0 Å². The van der Waals surface area contributed by atoms with Gasteiger partial charge in [0.25, 0.3) is 0 Å². The molecule has 0 spiro atoms. The van der Waals surface area contributed by atoms with Crippen molar-refractivity contribution in [2.24, 2.45) is 5.92 Å². The maximum absolute atomic E-state index is 12.5. The number of hydrogen-bond acceptors (Lipinski definition) is 3. The minimum absolute atomic E-state index is 0.0637. The third-order valence-electron chi connectivity index (χ3n) is 4.77. The van der Waals surface area contributed by atoms with E-state index >= 15 is 0 Å². The topological polar surface area (TPSA) is 54.0 Å². The van der Waals surface area contributed by atoms with Gasteiger partial charge >= 0.3 is 6.03 Å². The number of amides is 2. The second kappa shape index (κ2) is 6.32. The minimum atomic E-state index is -0.0706. The number of hydrogen-bond donors (Lipinski definition) is 2. The highest BCUT2D eigenvalue weighted by molar-refractivity contribution is 7.09. The molecule has 23 heavy (non-hydrogen) atoms. The summed E-state index contributed by atoms with van der Waals surface area (Å²) in [4.78, 5) is 16.9. The molecule has 0 bridgehead atoms. The van der Waals surface area contributed by atoms with Gasteiger partial charge in [0.05, 0.1) is 12.1 Å². The number of thiazole rings is 1. The normalized spacial score (nSPS) is 21.3. The van der Waals surface area contributed by atoms with Gasteiger partial charge in [-0.2, -0.15) is 0 Å². The van der Waals surface area contributed by atoms with E-state index in [1.54, 1.807) is 11.3 Å². The Morgan fingerprint density at radius 3 is 2.91 bits per heavy atom. The monoisotopic (exact) mass is 327 g/mol. The lowest BCUT2D eigenvalue weighted by atomic mass is 9.88. The Balaban J connectivity index is 1.44. The van der Waals surface area contributed by atoms with Crippen molar-refractivity contribution in [1.82, 2.24) is 15.6 Å². The second-order valence-electron chi connectivity index (χ2n) is 6.45. The molecule has 0 radical (unpaired) electrons. The van der Waals surface area contributed by atoms with Crippen LogP contribution in [0.3, 0.4) is 0 Å².